The number of nitrogens with one attached hydrogen (secondary N) is 1. The molecule has 0 aromatic heterocycles. The topological polar surface area (TPSA) is 114 Å². The summed E-state index contributed by atoms with van der Waals surface area (Å²) in [6.45, 7) is 4.80. The average Bonchev–Trinajstić information content (AvgIpc) is 2.88. The number of rotatable bonds is 10. The maximum Gasteiger partial charge on any atom is 0.343 e. The van der Waals surface area contributed by atoms with E-state index in [9.17, 15) is 18.0 Å². The molecule has 0 saturated heterocycles. The van der Waals surface area contributed by atoms with Crippen LogP contribution in [0.3, 0.4) is 0 Å². The summed E-state index contributed by atoms with van der Waals surface area (Å²) in [6, 6.07) is 18.6. The quantitative estimate of drug-likeness (QED) is 0.247. The summed E-state index contributed by atoms with van der Waals surface area (Å²) in [6.07, 6.45) is 1.39. The van der Waals surface area contributed by atoms with Gasteiger partial charge in [0.25, 0.3) is 15.9 Å². The fourth-order valence-corrected chi connectivity index (χ4v) is 4.83. The molecule has 3 aromatic rings. The second-order valence-corrected chi connectivity index (χ2v) is 10.2. The zero-order valence-electron chi connectivity index (χ0n) is 21.1. The van der Waals surface area contributed by atoms with Crippen LogP contribution in [0.4, 0.5) is 5.69 Å². The smallest absolute Gasteiger partial charge is 0.343 e. The van der Waals surface area contributed by atoms with Crippen molar-refractivity contribution in [2.24, 2.45) is 5.10 Å². The number of methoxy groups -OCH3 is 1. The third kappa shape index (κ3) is 7.40. The van der Waals surface area contributed by atoms with Gasteiger partial charge in [0.2, 0.25) is 0 Å². The molecule has 1 amide bonds. The molecule has 37 heavy (non-hydrogen) atoms. The number of ether oxygens (including phenoxy) is 2. The van der Waals surface area contributed by atoms with Gasteiger partial charge >= 0.3 is 5.97 Å². The van der Waals surface area contributed by atoms with E-state index in [4.69, 9.17) is 4.74 Å². The van der Waals surface area contributed by atoms with Crippen LogP contribution in [0.15, 0.2) is 76.7 Å². The van der Waals surface area contributed by atoms with E-state index >= 15 is 0 Å². The largest absolute Gasteiger partial charge is 0.482 e. The Bertz CT molecular complexity index is 1400. The van der Waals surface area contributed by atoms with Crippen molar-refractivity contribution in [1.29, 1.82) is 0 Å². The van der Waals surface area contributed by atoms with E-state index in [0.717, 1.165) is 15.4 Å². The monoisotopic (exact) mass is 523 g/mol. The number of hydrazone groups is 1. The highest BCUT2D eigenvalue weighted by atomic mass is 32.2. The molecule has 0 aliphatic heterocycles. The number of benzene rings is 3. The summed E-state index contributed by atoms with van der Waals surface area (Å²) in [5.74, 6) is -0.711. The Labute approximate surface area is 216 Å². The van der Waals surface area contributed by atoms with E-state index in [2.05, 4.69) is 15.3 Å². The minimum absolute atomic E-state index is 0.0825. The predicted molar refractivity (Wildman–Crippen MR) is 141 cm³/mol. The van der Waals surface area contributed by atoms with Gasteiger partial charge in [-0.25, -0.2) is 18.6 Å². The van der Waals surface area contributed by atoms with Gasteiger partial charge in [0.15, 0.2) is 6.61 Å². The molecular weight excluding hydrogens is 494 g/mol. The van der Waals surface area contributed by atoms with Crippen LogP contribution in [-0.2, 0) is 24.3 Å². The maximum absolute atomic E-state index is 13.6. The number of aryl methyl sites for hydroxylation is 3. The Balaban J connectivity index is 1.79. The van der Waals surface area contributed by atoms with Crippen LogP contribution in [0.5, 0.6) is 5.75 Å². The standard InChI is InChI=1S/C27H29N3O6S/c1-19-9-12-24(13-10-19)37(33,34)30(25-14-20(2)8-11-21(25)3)17-26(31)29-28-16-22-6-5-7-23(15-22)36-18-27(32)35-4/h5-16H,17-18H2,1-4H3,(H,29,31)/b28-16-. The molecule has 1 N–H and O–H groups in total. The number of carbonyl (C=O) groups excluding carboxylic acids is 2. The summed E-state index contributed by atoms with van der Waals surface area (Å²) in [4.78, 5) is 24.2. The van der Waals surface area contributed by atoms with Crippen LogP contribution in [0, 0.1) is 20.8 Å². The van der Waals surface area contributed by atoms with E-state index in [1.165, 1.54) is 25.5 Å². The summed E-state index contributed by atoms with van der Waals surface area (Å²) >= 11 is 0. The molecule has 0 atom stereocenters. The lowest BCUT2D eigenvalue weighted by Crippen LogP contribution is -2.40. The molecule has 0 fully saturated rings. The van der Waals surface area contributed by atoms with Crippen molar-refractivity contribution in [1.82, 2.24) is 5.43 Å². The van der Waals surface area contributed by atoms with Crippen LogP contribution >= 0.6 is 0 Å². The Kier molecular flexibility index (Phi) is 9.02. The highest BCUT2D eigenvalue weighted by Crippen LogP contribution is 2.28. The van der Waals surface area contributed by atoms with Crippen molar-refractivity contribution in [2.45, 2.75) is 25.7 Å². The lowest BCUT2D eigenvalue weighted by atomic mass is 10.1. The number of esters is 1. The Morgan fingerprint density at radius 2 is 1.68 bits per heavy atom. The van der Waals surface area contributed by atoms with Gasteiger partial charge in [-0.15, -0.1) is 0 Å². The van der Waals surface area contributed by atoms with Crippen molar-refractivity contribution in [3.63, 3.8) is 0 Å². The first kappa shape index (κ1) is 27.4. The van der Waals surface area contributed by atoms with Crippen molar-refractivity contribution in [3.05, 3.63) is 89.0 Å². The fraction of sp³-hybridized carbons (Fsp3) is 0.222. The SMILES string of the molecule is COC(=O)COc1cccc(/C=N\NC(=O)CN(c2cc(C)ccc2C)S(=O)(=O)c2ccc(C)cc2)c1. The molecule has 0 unspecified atom stereocenters. The second-order valence-electron chi connectivity index (χ2n) is 8.35. The van der Waals surface area contributed by atoms with Gasteiger partial charge in [-0.3, -0.25) is 9.10 Å². The summed E-state index contributed by atoms with van der Waals surface area (Å²) in [7, 11) is -2.77. The number of carbonyl (C=O) groups is 2. The number of anilines is 1. The lowest BCUT2D eigenvalue weighted by Gasteiger charge is -2.25. The number of amides is 1. The van der Waals surface area contributed by atoms with Crippen molar-refractivity contribution >= 4 is 33.8 Å². The predicted octanol–water partition coefficient (Wildman–Crippen LogP) is 3.51. The Morgan fingerprint density at radius 3 is 2.38 bits per heavy atom. The third-order valence-corrected chi connectivity index (χ3v) is 7.15. The van der Waals surface area contributed by atoms with E-state index in [-0.39, 0.29) is 11.5 Å². The number of hydrogen-bond acceptors (Lipinski definition) is 7. The van der Waals surface area contributed by atoms with Crippen LogP contribution in [0.25, 0.3) is 0 Å². The molecule has 9 nitrogen and oxygen atoms in total. The van der Waals surface area contributed by atoms with Crippen molar-refractivity contribution in [2.75, 3.05) is 24.6 Å². The molecule has 0 spiro atoms. The first-order valence-corrected chi connectivity index (χ1v) is 12.8. The summed E-state index contributed by atoms with van der Waals surface area (Å²) in [5, 5.41) is 3.95. The molecule has 194 valence electrons. The Hall–Kier alpha value is -4.18. The van der Waals surface area contributed by atoms with Crippen LogP contribution in [0.2, 0.25) is 0 Å². The van der Waals surface area contributed by atoms with Crippen LogP contribution < -0.4 is 14.5 Å². The molecule has 10 heteroatoms. The van der Waals surface area contributed by atoms with Crippen molar-refractivity contribution < 1.29 is 27.5 Å². The third-order valence-electron chi connectivity index (χ3n) is 5.37. The second kappa shape index (κ2) is 12.2. The molecule has 3 rings (SSSR count). The van der Waals surface area contributed by atoms with E-state index in [1.54, 1.807) is 49.4 Å². The van der Waals surface area contributed by atoms with E-state index in [1.807, 2.05) is 26.0 Å². The lowest BCUT2D eigenvalue weighted by molar-refractivity contribution is -0.142. The van der Waals surface area contributed by atoms with Gasteiger partial charge in [-0.05, 0) is 67.8 Å². The summed E-state index contributed by atoms with van der Waals surface area (Å²) < 4.78 is 38.1. The molecule has 0 aliphatic rings. The van der Waals surface area contributed by atoms with Crippen LogP contribution in [0.1, 0.15) is 22.3 Å². The molecule has 0 radical (unpaired) electrons. The van der Waals surface area contributed by atoms with Gasteiger partial charge in [0.1, 0.15) is 12.3 Å². The zero-order valence-corrected chi connectivity index (χ0v) is 21.9. The number of sulfonamides is 1. The van der Waals surface area contributed by atoms with Gasteiger partial charge in [0, 0.05) is 0 Å². The van der Waals surface area contributed by atoms with Gasteiger partial charge in [0.05, 0.1) is 23.9 Å². The minimum Gasteiger partial charge on any atom is -0.482 e. The highest BCUT2D eigenvalue weighted by Gasteiger charge is 2.28. The number of hydrogen-bond donors (Lipinski definition) is 1. The average molecular weight is 524 g/mol. The first-order valence-electron chi connectivity index (χ1n) is 11.4. The Morgan fingerprint density at radius 1 is 0.973 bits per heavy atom. The van der Waals surface area contributed by atoms with Crippen molar-refractivity contribution in [3.8, 4) is 5.75 Å². The molecule has 0 saturated carbocycles. The van der Waals surface area contributed by atoms with Crippen LogP contribution in [-0.4, -0.2) is 46.8 Å². The first-order chi connectivity index (χ1) is 17.6. The van der Waals surface area contributed by atoms with Gasteiger partial charge in [-0.2, -0.15) is 5.10 Å². The zero-order chi connectivity index (χ0) is 27.0. The molecule has 0 aliphatic carbocycles. The highest BCUT2D eigenvalue weighted by molar-refractivity contribution is 7.92. The number of nitrogens with zero attached hydrogens (tertiary/aromatic N) is 2. The van der Waals surface area contributed by atoms with Gasteiger partial charge < -0.3 is 9.47 Å². The fourth-order valence-electron chi connectivity index (χ4n) is 3.36. The normalized spacial score (nSPS) is 11.2. The molecular formula is C27H29N3O6S. The molecule has 3 aromatic carbocycles. The maximum atomic E-state index is 13.6. The van der Waals surface area contributed by atoms with Gasteiger partial charge in [-0.1, -0.05) is 42.0 Å². The molecule has 0 heterocycles. The van der Waals surface area contributed by atoms with E-state index in [0.29, 0.717) is 22.6 Å². The minimum atomic E-state index is -4.04. The summed E-state index contributed by atoms with van der Waals surface area (Å²) in [5.41, 5.74) is 5.89. The van der Waals surface area contributed by atoms with E-state index < -0.39 is 28.4 Å². The molecule has 0 bridgehead atoms.